The number of amides is 1. The molecule has 0 aliphatic rings. The zero-order valence-corrected chi connectivity index (χ0v) is 8.49. The molecule has 2 N–H and O–H groups in total. The Labute approximate surface area is 90.7 Å². The number of anilines is 1. The van der Waals surface area contributed by atoms with Gasteiger partial charge >= 0.3 is 0 Å². The number of carbonyl (C=O) groups excluding carboxylic acids is 1. The number of nitrogens with one attached hydrogen (secondary N) is 2. The fourth-order valence-electron chi connectivity index (χ4n) is 1.31. The minimum atomic E-state index is -0.432. The zero-order chi connectivity index (χ0) is 11.5. The van der Waals surface area contributed by atoms with E-state index in [9.17, 15) is 9.18 Å². The largest absolute Gasteiger partial charge is 0.320 e. The summed E-state index contributed by atoms with van der Waals surface area (Å²) in [6, 6.07) is 4.29. The number of nitrogens with zero attached hydrogens (tertiary/aromatic N) is 2. The molecule has 2 aromatic rings. The van der Waals surface area contributed by atoms with Gasteiger partial charge in [-0.25, -0.2) is 4.39 Å². The zero-order valence-electron chi connectivity index (χ0n) is 8.49. The number of carbonyl (C=O) groups is 1. The lowest BCUT2D eigenvalue weighted by Gasteiger charge is -2.04. The number of benzene rings is 1. The lowest BCUT2D eigenvalue weighted by molar-refractivity contribution is 0.102. The van der Waals surface area contributed by atoms with Crippen LogP contribution in [0.15, 0.2) is 24.4 Å². The van der Waals surface area contributed by atoms with Crippen LogP contribution >= 0.6 is 0 Å². The third-order valence-corrected chi connectivity index (χ3v) is 1.95. The van der Waals surface area contributed by atoms with E-state index in [0.717, 1.165) is 5.56 Å². The van der Waals surface area contributed by atoms with Crippen molar-refractivity contribution in [2.75, 3.05) is 5.32 Å². The first-order chi connectivity index (χ1) is 7.65. The van der Waals surface area contributed by atoms with Gasteiger partial charge in [-0.15, -0.1) is 0 Å². The summed E-state index contributed by atoms with van der Waals surface area (Å²) >= 11 is 0. The number of H-pyrrole nitrogens is 1. The molecule has 1 heterocycles. The van der Waals surface area contributed by atoms with Crippen molar-refractivity contribution in [3.05, 3.63) is 41.5 Å². The van der Waals surface area contributed by atoms with Crippen molar-refractivity contribution in [1.82, 2.24) is 15.4 Å². The van der Waals surface area contributed by atoms with Crippen LogP contribution in [0.5, 0.6) is 0 Å². The van der Waals surface area contributed by atoms with E-state index >= 15 is 0 Å². The van der Waals surface area contributed by atoms with Gasteiger partial charge in [0.15, 0.2) is 5.69 Å². The van der Waals surface area contributed by atoms with Crippen molar-refractivity contribution in [1.29, 1.82) is 0 Å². The molecular weight excluding hydrogens is 211 g/mol. The highest BCUT2D eigenvalue weighted by Crippen LogP contribution is 2.13. The van der Waals surface area contributed by atoms with E-state index in [2.05, 4.69) is 20.7 Å². The Hall–Kier alpha value is -2.24. The highest BCUT2D eigenvalue weighted by Gasteiger charge is 2.09. The molecule has 1 aromatic carbocycles. The summed E-state index contributed by atoms with van der Waals surface area (Å²) in [5, 5.41) is 12.0. The molecule has 0 saturated carbocycles. The molecule has 0 radical (unpaired) electrons. The minimum Gasteiger partial charge on any atom is -0.320 e. The van der Waals surface area contributed by atoms with Crippen LogP contribution in [-0.4, -0.2) is 21.3 Å². The van der Waals surface area contributed by atoms with Crippen molar-refractivity contribution < 1.29 is 9.18 Å². The molecule has 82 valence electrons. The predicted molar refractivity (Wildman–Crippen MR) is 55.5 cm³/mol. The van der Waals surface area contributed by atoms with E-state index < -0.39 is 11.7 Å². The Morgan fingerprint density at radius 1 is 1.44 bits per heavy atom. The van der Waals surface area contributed by atoms with E-state index in [1.54, 1.807) is 13.0 Å². The average Bonchev–Trinajstić information content (AvgIpc) is 2.68. The van der Waals surface area contributed by atoms with Crippen molar-refractivity contribution in [3.8, 4) is 0 Å². The number of hydrogen-bond donors (Lipinski definition) is 2. The molecule has 0 fully saturated rings. The molecule has 0 spiro atoms. The maximum Gasteiger partial charge on any atom is 0.277 e. The lowest BCUT2D eigenvalue weighted by Crippen LogP contribution is -2.12. The standard InChI is InChI=1S/C10H9FN4O/c1-6-2-7(11)4-8(3-6)13-10(16)9-5-12-15-14-9/h2-5H,1H3,(H,13,16)(H,12,14,15). The molecule has 6 heteroatoms. The molecule has 0 aliphatic heterocycles. The maximum absolute atomic E-state index is 13.0. The Balaban J connectivity index is 2.18. The number of rotatable bonds is 2. The second-order valence-electron chi connectivity index (χ2n) is 3.33. The Kier molecular flexibility index (Phi) is 2.63. The molecule has 2 rings (SSSR count). The van der Waals surface area contributed by atoms with E-state index in [1.807, 2.05) is 0 Å². The van der Waals surface area contributed by atoms with Gasteiger partial charge in [0.25, 0.3) is 5.91 Å². The topological polar surface area (TPSA) is 70.7 Å². The van der Waals surface area contributed by atoms with E-state index in [1.165, 1.54) is 18.3 Å². The quantitative estimate of drug-likeness (QED) is 0.805. The minimum absolute atomic E-state index is 0.155. The first-order valence-corrected chi connectivity index (χ1v) is 4.59. The summed E-state index contributed by atoms with van der Waals surface area (Å²) in [6.07, 6.45) is 1.29. The lowest BCUT2D eigenvalue weighted by atomic mass is 10.2. The number of hydrogen-bond acceptors (Lipinski definition) is 3. The smallest absolute Gasteiger partial charge is 0.277 e. The molecule has 5 nitrogen and oxygen atoms in total. The Bertz CT molecular complexity index is 489. The molecule has 0 atom stereocenters. The third-order valence-electron chi connectivity index (χ3n) is 1.95. The first-order valence-electron chi connectivity index (χ1n) is 4.59. The molecule has 0 aliphatic carbocycles. The third kappa shape index (κ3) is 2.22. The highest BCUT2D eigenvalue weighted by atomic mass is 19.1. The molecule has 1 amide bonds. The van der Waals surface area contributed by atoms with Gasteiger partial charge < -0.3 is 5.32 Å². The summed E-state index contributed by atoms with van der Waals surface area (Å²) in [5.41, 5.74) is 1.28. The number of aromatic amines is 1. The Morgan fingerprint density at radius 2 is 2.25 bits per heavy atom. The van der Waals surface area contributed by atoms with Gasteiger partial charge in [-0.05, 0) is 30.7 Å². The van der Waals surface area contributed by atoms with Crippen LogP contribution in [0.4, 0.5) is 10.1 Å². The second kappa shape index (κ2) is 4.09. The second-order valence-corrected chi connectivity index (χ2v) is 3.33. The Morgan fingerprint density at radius 3 is 2.88 bits per heavy atom. The summed E-state index contributed by atoms with van der Waals surface area (Å²) in [7, 11) is 0. The van der Waals surface area contributed by atoms with Crippen molar-refractivity contribution in [2.45, 2.75) is 6.92 Å². The normalized spacial score (nSPS) is 10.1. The van der Waals surface area contributed by atoms with Gasteiger partial charge in [-0.2, -0.15) is 15.4 Å². The maximum atomic E-state index is 13.0. The SMILES string of the molecule is Cc1cc(F)cc(NC(=O)c2cn[nH]n2)c1. The van der Waals surface area contributed by atoms with Gasteiger partial charge in [-0.3, -0.25) is 4.79 Å². The first kappa shape index (κ1) is 10.3. The van der Waals surface area contributed by atoms with Crippen LogP contribution in [-0.2, 0) is 0 Å². The van der Waals surface area contributed by atoms with Crippen molar-refractivity contribution in [2.24, 2.45) is 0 Å². The van der Waals surface area contributed by atoms with Crippen LogP contribution in [0.3, 0.4) is 0 Å². The highest BCUT2D eigenvalue weighted by molar-refractivity contribution is 6.02. The van der Waals surface area contributed by atoms with Crippen molar-refractivity contribution >= 4 is 11.6 Å². The number of aryl methyl sites for hydroxylation is 1. The van der Waals surface area contributed by atoms with Crippen LogP contribution in [0.2, 0.25) is 0 Å². The number of aromatic nitrogens is 3. The van der Waals surface area contributed by atoms with E-state index in [4.69, 9.17) is 0 Å². The van der Waals surface area contributed by atoms with Crippen LogP contribution in [0, 0.1) is 12.7 Å². The monoisotopic (exact) mass is 220 g/mol. The molecule has 16 heavy (non-hydrogen) atoms. The summed E-state index contributed by atoms with van der Waals surface area (Å²) in [6.45, 7) is 1.74. The predicted octanol–water partition coefficient (Wildman–Crippen LogP) is 1.50. The molecule has 0 saturated heterocycles. The van der Waals surface area contributed by atoms with E-state index in [-0.39, 0.29) is 5.69 Å². The van der Waals surface area contributed by atoms with Gasteiger partial charge in [0, 0.05) is 5.69 Å². The van der Waals surface area contributed by atoms with Gasteiger partial charge in [0.05, 0.1) is 6.20 Å². The van der Waals surface area contributed by atoms with Crippen LogP contribution in [0.25, 0.3) is 0 Å². The number of halogens is 1. The van der Waals surface area contributed by atoms with Gasteiger partial charge in [0.2, 0.25) is 0 Å². The summed E-state index contributed by atoms with van der Waals surface area (Å²) < 4.78 is 13.0. The fourth-order valence-corrected chi connectivity index (χ4v) is 1.31. The summed E-state index contributed by atoms with van der Waals surface area (Å²) in [5.74, 6) is -0.825. The molecular formula is C10H9FN4O. The molecule has 0 unspecified atom stereocenters. The average molecular weight is 220 g/mol. The van der Waals surface area contributed by atoms with Crippen LogP contribution in [0.1, 0.15) is 16.1 Å². The molecule has 1 aromatic heterocycles. The van der Waals surface area contributed by atoms with Crippen molar-refractivity contribution in [3.63, 3.8) is 0 Å². The molecule has 0 bridgehead atoms. The van der Waals surface area contributed by atoms with Gasteiger partial charge in [0.1, 0.15) is 5.82 Å². The fraction of sp³-hybridized carbons (Fsp3) is 0.100. The summed E-state index contributed by atoms with van der Waals surface area (Å²) in [4.78, 5) is 11.5. The van der Waals surface area contributed by atoms with Gasteiger partial charge in [-0.1, -0.05) is 0 Å². The van der Waals surface area contributed by atoms with Crippen LogP contribution < -0.4 is 5.32 Å². The van der Waals surface area contributed by atoms with E-state index in [0.29, 0.717) is 5.69 Å².